The number of fused-ring (bicyclic) bond motifs is 1. The van der Waals surface area contributed by atoms with Crippen LogP contribution in [0.1, 0.15) is 27.7 Å². The normalized spacial score (nSPS) is 49.5. The van der Waals surface area contributed by atoms with E-state index in [0.717, 1.165) is 0 Å². The number of hydrogen-bond acceptors (Lipinski definition) is 5. The maximum Gasteiger partial charge on any atom is 0.164 e. The molecule has 3 rings (SSSR count). The van der Waals surface area contributed by atoms with Gasteiger partial charge in [-0.2, -0.15) is 0 Å². The SMILES string of the molecule is CC1(C)O[C@H]2[C@@H]([C@@H]3COC(C)(C)O3)O[C@H](Br)[C@H]2O1. The number of halogens is 1. The molecule has 6 heteroatoms. The molecule has 3 fully saturated rings. The van der Waals surface area contributed by atoms with Crippen molar-refractivity contribution >= 4 is 15.9 Å². The molecule has 0 aromatic heterocycles. The van der Waals surface area contributed by atoms with Crippen molar-refractivity contribution < 1.29 is 23.7 Å². The van der Waals surface area contributed by atoms with E-state index in [4.69, 9.17) is 23.7 Å². The molecule has 0 N–H and O–H groups in total. The van der Waals surface area contributed by atoms with Crippen molar-refractivity contribution in [2.45, 2.75) is 68.7 Å². The van der Waals surface area contributed by atoms with Gasteiger partial charge in [-0.1, -0.05) is 15.9 Å². The van der Waals surface area contributed by atoms with Gasteiger partial charge < -0.3 is 23.7 Å². The van der Waals surface area contributed by atoms with E-state index < -0.39 is 11.6 Å². The summed E-state index contributed by atoms with van der Waals surface area (Å²) >= 11 is 3.49. The van der Waals surface area contributed by atoms with Crippen LogP contribution in [-0.4, -0.2) is 47.6 Å². The van der Waals surface area contributed by atoms with E-state index in [1.807, 2.05) is 27.7 Å². The second kappa shape index (κ2) is 4.14. The molecule has 104 valence electrons. The first kappa shape index (κ1) is 13.3. The molecule has 0 aliphatic carbocycles. The van der Waals surface area contributed by atoms with Crippen molar-refractivity contribution in [3.05, 3.63) is 0 Å². The average Bonchev–Trinajstić information content (AvgIpc) is 2.81. The lowest BCUT2D eigenvalue weighted by Crippen LogP contribution is -2.40. The van der Waals surface area contributed by atoms with Gasteiger partial charge in [0.15, 0.2) is 11.6 Å². The third-order valence-corrected chi connectivity index (χ3v) is 4.17. The zero-order chi connectivity index (χ0) is 13.1. The molecular weight excluding hydrogens is 304 g/mol. The Morgan fingerprint density at radius 2 is 1.56 bits per heavy atom. The van der Waals surface area contributed by atoms with E-state index >= 15 is 0 Å². The van der Waals surface area contributed by atoms with Gasteiger partial charge >= 0.3 is 0 Å². The van der Waals surface area contributed by atoms with E-state index in [1.54, 1.807) is 0 Å². The molecule has 0 unspecified atom stereocenters. The van der Waals surface area contributed by atoms with Crippen LogP contribution in [0.5, 0.6) is 0 Å². The van der Waals surface area contributed by atoms with E-state index in [1.165, 1.54) is 0 Å². The fourth-order valence-corrected chi connectivity index (χ4v) is 3.41. The first-order valence-corrected chi connectivity index (χ1v) is 7.16. The number of hydrogen-bond donors (Lipinski definition) is 0. The summed E-state index contributed by atoms with van der Waals surface area (Å²) < 4.78 is 29.1. The van der Waals surface area contributed by atoms with Gasteiger partial charge in [-0.3, -0.25) is 0 Å². The van der Waals surface area contributed by atoms with Gasteiger partial charge in [-0.25, -0.2) is 0 Å². The van der Waals surface area contributed by atoms with Crippen molar-refractivity contribution in [1.82, 2.24) is 0 Å². The Balaban J connectivity index is 1.75. The molecule has 0 radical (unpaired) electrons. The molecule has 5 atom stereocenters. The quantitative estimate of drug-likeness (QED) is 0.689. The highest BCUT2D eigenvalue weighted by Crippen LogP contribution is 2.43. The van der Waals surface area contributed by atoms with Gasteiger partial charge in [0.05, 0.1) is 6.61 Å². The Morgan fingerprint density at radius 3 is 2.17 bits per heavy atom. The molecule has 3 aliphatic rings. The summed E-state index contributed by atoms with van der Waals surface area (Å²) in [6.07, 6.45) is -0.500. The second-order valence-electron chi connectivity index (χ2n) is 5.88. The standard InChI is InChI=1S/C12H19BrO5/c1-11(2)14-5-6(16-11)7-8-9(10(13)15-7)18-12(3,4)17-8/h6-10H,5H2,1-4H3/t6-,7+,8-,9-,10-/m0/s1. The van der Waals surface area contributed by atoms with Crippen LogP contribution in [0.3, 0.4) is 0 Å². The van der Waals surface area contributed by atoms with E-state index in [-0.39, 0.29) is 29.4 Å². The van der Waals surface area contributed by atoms with Crippen LogP contribution in [0.15, 0.2) is 0 Å². The summed E-state index contributed by atoms with van der Waals surface area (Å²) in [5.41, 5.74) is 0. The molecule has 3 heterocycles. The predicted molar refractivity (Wildman–Crippen MR) is 66.3 cm³/mol. The summed E-state index contributed by atoms with van der Waals surface area (Å²) in [5.74, 6) is -1.12. The average molecular weight is 323 g/mol. The number of alkyl halides is 1. The summed E-state index contributed by atoms with van der Waals surface area (Å²) in [6, 6.07) is 0. The number of ether oxygens (including phenoxy) is 5. The van der Waals surface area contributed by atoms with Crippen LogP contribution >= 0.6 is 15.9 Å². The van der Waals surface area contributed by atoms with E-state index in [2.05, 4.69) is 15.9 Å². The Kier molecular flexibility index (Phi) is 3.05. The second-order valence-corrected chi connectivity index (χ2v) is 6.79. The van der Waals surface area contributed by atoms with Crippen LogP contribution in [0.25, 0.3) is 0 Å². The van der Waals surface area contributed by atoms with Crippen LogP contribution in [0.2, 0.25) is 0 Å². The highest BCUT2D eigenvalue weighted by molar-refractivity contribution is 9.09. The van der Waals surface area contributed by atoms with Crippen molar-refractivity contribution in [3.63, 3.8) is 0 Å². The zero-order valence-electron chi connectivity index (χ0n) is 11.0. The third kappa shape index (κ3) is 2.23. The van der Waals surface area contributed by atoms with Gasteiger partial charge in [-0.05, 0) is 27.7 Å². The Labute approximate surface area is 115 Å². The molecule has 0 aromatic rings. The van der Waals surface area contributed by atoms with Crippen molar-refractivity contribution in [3.8, 4) is 0 Å². The largest absolute Gasteiger partial charge is 0.355 e. The molecule has 0 aromatic carbocycles. The lowest BCUT2D eigenvalue weighted by Gasteiger charge is -2.26. The molecule has 0 saturated carbocycles. The molecule has 3 aliphatic heterocycles. The smallest absolute Gasteiger partial charge is 0.164 e. The minimum atomic E-state index is -0.571. The van der Waals surface area contributed by atoms with Gasteiger partial charge in [0.25, 0.3) is 0 Å². The Morgan fingerprint density at radius 1 is 0.889 bits per heavy atom. The predicted octanol–water partition coefficient (Wildman–Crippen LogP) is 1.78. The first-order chi connectivity index (χ1) is 8.27. The van der Waals surface area contributed by atoms with Crippen molar-refractivity contribution in [1.29, 1.82) is 0 Å². The van der Waals surface area contributed by atoms with E-state index in [9.17, 15) is 0 Å². The molecule has 0 bridgehead atoms. The van der Waals surface area contributed by atoms with Crippen LogP contribution < -0.4 is 0 Å². The highest BCUT2D eigenvalue weighted by Gasteiger charge is 2.58. The highest BCUT2D eigenvalue weighted by atomic mass is 79.9. The fourth-order valence-electron chi connectivity index (χ4n) is 2.76. The minimum absolute atomic E-state index is 0.0997. The Hall–Kier alpha value is 0.280. The molecule has 3 saturated heterocycles. The summed E-state index contributed by atoms with van der Waals surface area (Å²) in [5, 5.41) is -0.165. The minimum Gasteiger partial charge on any atom is -0.355 e. The third-order valence-electron chi connectivity index (χ3n) is 3.43. The zero-order valence-corrected chi connectivity index (χ0v) is 12.6. The molecule has 5 nitrogen and oxygen atoms in total. The molecular formula is C12H19BrO5. The first-order valence-electron chi connectivity index (χ1n) is 6.24. The van der Waals surface area contributed by atoms with E-state index in [0.29, 0.717) is 6.61 Å². The van der Waals surface area contributed by atoms with Crippen LogP contribution in [0.4, 0.5) is 0 Å². The molecule has 0 amide bonds. The van der Waals surface area contributed by atoms with Gasteiger partial charge in [0, 0.05) is 0 Å². The van der Waals surface area contributed by atoms with Crippen LogP contribution in [-0.2, 0) is 23.7 Å². The topological polar surface area (TPSA) is 46.2 Å². The van der Waals surface area contributed by atoms with Crippen molar-refractivity contribution in [2.24, 2.45) is 0 Å². The maximum absolute atomic E-state index is 5.92. The van der Waals surface area contributed by atoms with Gasteiger partial charge in [0.1, 0.15) is 29.4 Å². The Bertz CT molecular complexity index is 345. The molecule has 0 spiro atoms. The monoisotopic (exact) mass is 322 g/mol. The fraction of sp³-hybridized carbons (Fsp3) is 1.00. The van der Waals surface area contributed by atoms with Crippen LogP contribution in [0, 0.1) is 0 Å². The van der Waals surface area contributed by atoms with Gasteiger partial charge in [-0.15, -0.1) is 0 Å². The summed E-state index contributed by atoms with van der Waals surface area (Å²) in [7, 11) is 0. The van der Waals surface area contributed by atoms with Gasteiger partial charge in [0.2, 0.25) is 0 Å². The summed E-state index contributed by atoms with van der Waals surface area (Å²) in [4.78, 5) is 0. The van der Waals surface area contributed by atoms with Crippen molar-refractivity contribution in [2.75, 3.05) is 6.61 Å². The lowest BCUT2D eigenvalue weighted by atomic mass is 10.1. The molecule has 18 heavy (non-hydrogen) atoms. The lowest BCUT2D eigenvalue weighted by molar-refractivity contribution is -0.197. The summed E-state index contributed by atoms with van der Waals surface area (Å²) in [6.45, 7) is 8.16. The number of rotatable bonds is 1. The maximum atomic E-state index is 5.92.